The Morgan fingerprint density at radius 1 is 1.20 bits per heavy atom. The first-order valence-corrected chi connectivity index (χ1v) is 12.9. The van der Waals surface area contributed by atoms with E-state index >= 15 is 0 Å². The van der Waals surface area contributed by atoms with Crippen LogP contribution in [0.5, 0.6) is 0 Å². The lowest BCUT2D eigenvalue weighted by Gasteiger charge is -2.38. The molecule has 1 aromatic heterocycles. The van der Waals surface area contributed by atoms with Gasteiger partial charge in [-0.3, -0.25) is 0 Å². The molecule has 1 aliphatic rings. The van der Waals surface area contributed by atoms with Crippen molar-refractivity contribution in [3.8, 4) is 0 Å². The van der Waals surface area contributed by atoms with Crippen LogP contribution in [0.15, 0.2) is 17.5 Å². The van der Waals surface area contributed by atoms with Crippen molar-refractivity contribution in [2.24, 2.45) is 0 Å². The standard InChI is InChI=1S/C11H21NSSi2/c1-14(2)8-9-15(3,4)12(14)10-11-6-5-7-13-11/h5-7H,8-10H2,1-4H3. The largest absolute Gasteiger partial charge is 0.341 e. The third-order valence-electron chi connectivity index (χ3n) is 3.70. The highest BCUT2D eigenvalue weighted by Gasteiger charge is 2.46. The fourth-order valence-electron chi connectivity index (χ4n) is 2.69. The molecule has 1 saturated heterocycles. The van der Waals surface area contributed by atoms with Crippen molar-refractivity contribution in [3.63, 3.8) is 0 Å². The summed E-state index contributed by atoms with van der Waals surface area (Å²) in [6.45, 7) is 11.4. The second kappa shape index (κ2) is 3.84. The highest BCUT2D eigenvalue weighted by Crippen LogP contribution is 2.38. The van der Waals surface area contributed by atoms with Gasteiger partial charge in [-0.05, 0) is 23.5 Å². The average Bonchev–Trinajstić information content (AvgIpc) is 2.69. The first-order chi connectivity index (χ1) is 6.92. The molecule has 84 valence electrons. The van der Waals surface area contributed by atoms with Crippen LogP contribution in [0, 0.1) is 0 Å². The molecule has 0 bridgehead atoms. The lowest BCUT2D eigenvalue weighted by Crippen LogP contribution is -2.53. The molecule has 0 aliphatic carbocycles. The van der Waals surface area contributed by atoms with Crippen molar-refractivity contribution in [2.45, 2.75) is 44.8 Å². The van der Waals surface area contributed by atoms with E-state index < -0.39 is 16.5 Å². The van der Waals surface area contributed by atoms with Gasteiger partial charge in [0, 0.05) is 11.4 Å². The molecule has 1 nitrogen and oxygen atoms in total. The van der Waals surface area contributed by atoms with Gasteiger partial charge in [-0.25, -0.2) is 0 Å². The molecule has 0 aromatic carbocycles. The van der Waals surface area contributed by atoms with Crippen LogP contribution in [-0.2, 0) is 6.54 Å². The smallest absolute Gasteiger partial charge is 0.115 e. The lowest BCUT2D eigenvalue weighted by atomic mass is 10.5. The van der Waals surface area contributed by atoms with E-state index in [4.69, 9.17) is 0 Å². The Balaban J connectivity index is 2.18. The first kappa shape index (κ1) is 11.6. The van der Waals surface area contributed by atoms with Crippen LogP contribution in [0.2, 0.25) is 38.3 Å². The number of thiophene rings is 1. The topological polar surface area (TPSA) is 3.24 Å². The van der Waals surface area contributed by atoms with Gasteiger partial charge in [-0.1, -0.05) is 32.3 Å². The van der Waals surface area contributed by atoms with Crippen molar-refractivity contribution in [3.05, 3.63) is 22.4 Å². The van der Waals surface area contributed by atoms with Crippen LogP contribution in [0.1, 0.15) is 4.88 Å². The number of nitrogens with zero attached hydrogens (tertiary/aromatic N) is 1. The molecular formula is C11H21NSSi2. The predicted octanol–water partition coefficient (Wildman–Crippen LogP) is 3.97. The van der Waals surface area contributed by atoms with Gasteiger partial charge in [0.1, 0.15) is 16.5 Å². The zero-order valence-corrected chi connectivity index (χ0v) is 13.0. The highest BCUT2D eigenvalue weighted by molar-refractivity contribution is 7.10. The molecule has 0 atom stereocenters. The minimum absolute atomic E-state index is 1.06. The number of hydrogen-bond donors (Lipinski definition) is 0. The van der Waals surface area contributed by atoms with E-state index in [9.17, 15) is 0 Å². The molecule has 2 heterocycles. The second-order valence-corrected chi connectivity index (χ2v) is 16.6. The summed E-state index contributed by atoms with van der Waals surface area (Å²) in [4.78, 5) is 1.55. The summed E-state index contributed by atoms with van der Waals surface area (Å²) in [7, 11) is -2.12. The molecule has 4 heteroatoms. The molecule has 1 aromatic rings. The average molecular weight is 256 g/mol. The van der Waals surface area contributed by atoms with Crippen molar-refractivity contribution in [1.82, 2.24) is 4.23 Å². The van der Waals surface area contributed by atoms with Crippen LogP contribution in [0.25, 0.3) is 0 Å². The maximum Gasteiger partial charge on any atom is 0.115 e. The Kier molecular flexibility index (Phi) is 2.96. The van der Waals surface area contributed by atoms with E-state index in [0.717, 1.165) is 0 Å². The van der Waals surface area contributed by atoms with Crippen molar-refractivity contribution in [2.75, 3.05) is 0 Å². The fraction of sp³-hybridized carbons (Fsp3) is 0.636. The second-order valence-electron chi connectivity index (χ2n) is 5.79. The van der Waals surface area contributed by atoms with E-state index in [1.165, 1.54) is 18.6 Å². The molecule has 0 amide bonds. The van der Waals surface area contributed by atoms with Gasteiger partial charge in [0.25, 0.3) is 0 Å². The van der Waals surface area contributed by atoms with Gasteiger partial charge >= 0.3 is 0 Å². The van der Waals surface area contributed by atoms with E-state index in [-0.39, 0.29) is 0 Å². The summed E-state index contributed by atoms with van der Waals surface area (Å²) in [5.41, 5.74) is 0. The summed E-state index contributed by atoms with van der Waals surface area (Å²) >= 11 is 1.91. The summed E-state index contributed by atoms with van der Waals surface area (Å²) in [5.74, 6) is 0. The van der Waals surface area contributed by atoms with Gasteiger partial charge < -0.3 is 4.23 Å². The van der Waals surface area contributed by atoms with Crippen LogP contribution < -0.4 is 0 Å². The van der Waals surface area contributed by atoms with E-state index in [1.807, 2.05) is 11.3 Å². The Morgan fingerprint density at radius 2 is 1.80 bits per heavy atom. The highest BCUT2D eigenvalue weighted by atomic mass is 32.1. The monoisotopic (exact) mass is 255 g/mol. The molecule has 15 heavy (non-hydrogen) atoms. The molecule has 0 N–H and O–H groups in total. The minimum atomic E-state index is -1.06. The van der Waals surface area contributed by atoms with E-state index in [2.05, 4.69) is 47.9 Å². The fourth-order valence-corrected chi connectivity index (χ4v) is 17.5. The van der Waals surface area contributed by atoms with Crippen molar-refractivity contribution < 1.29 is 0 Å². The first-order valence-electron chi connectivity index (χ1n) is 5.72. The molecule has 0 unspecified atom stereocenters. The normalized spacial score (nSPS) is 24.5. The molecule has 2 rings (SSSR count). The van der Waals surface area contributed by atoms with Crippen LogP contribution in [-0.4, -0.2) is 20.7 Å². The predicted molar refractivity (Wildman–Crippen MR) is 74.4 cm³/mol. The maximum atomic E-state index is 2.94. The van der Waals surface area contributed by atoms with Crippen molar-refractivity contribution in [1.29, 1.82) is 0 Å². The zero-order valence-electron chi connectivity index (χ0n) is 10.2. The summed E-state index contributed by atoms with van der Waals surface area (Å²) in [6.07, 6.45) is 0. The Bertz CT molecular complexity index is 316. The van der Waals surface area contributed by atoms with E-state index in [0.29, 0.717) is 0 Å². The lowest BCUT2D eigenvalue weighted by molar-refractivity contribution is 0.631. The van der Waals surface area contributed by atoms with Gasteiger partial charge in [-0.2, -0.15) is 0 Å². The molecule has 0 spiro atoms. The third-order valence-corrected chi connectivity index (χ3v) is 14.9. The number of rotatable bonds is 2. The Hall–Kier alpha value is 0.0938. The minimum Gasteiger partial charge on any atom is -0.341 e. The summed E-state index contributed by atoms with van der Waals surface area (Å²) in [5, 5.41) is 2.20. The Labute approximate surface area is 99.3 Å². The van der Waals surface area contributed by atoms with Gasteiger partial charge in [0.2, 0.25) is 0 Å². The quantitative estimate of drug-likeness (QED) is 0.723. The van der Waals surface area contributed by atoms with Crippen LogP contribution in [0.3, 0.4) is 0 Å². The molecular weight excluding hydrogens is 234 g/mol. The van der Waals surface area contributed by atoms with Crippen LogP contribution in [0.4, 0.5) is 0 Å². The van der Waals surface area contributed by atoms with Crippen LogP contribution >= 0.6 is 11.3 Å². The van der Waals surface area contributed by atoms with Crippen molar-refractivity contribution >= 4 is 27.8 Å². The SMILES string of the molecule is C[Si]1(C)CC[Si](C)(C)N1Cc1cccs1. The Morgan fingerprint density at radius 3 is 2.27 bits per heavy atom. The summed E-state index contributed by atoms with van der Waals surface area (Å²) in [6, 6.07) is 7.49. The van der Waals surface area contributed by atoms with E-state index in [1.54, 1.807) is 4.88 Å². The molecule has 0 saturated carbocycles. The maximum absolute atomic E-state index is 2.94. The summed E-state index contributed by atoms with van der Waals surface area (Å²) < 4.78 is 2.94. The molecule has 0 radical (unpaired) electrons. The van der Waals surface area contributed by atoms with Gasteiger partial charge in [0.15, 0.2) is 0 Å². The third kappa shape index (κ3) is 2.28. The zero-order chi connectivity index (χ0) is 11.1. The molecule has 1 fully saturated rings. The van der Waals surface area contributed by atoms with Gasteiger partial charge in [-0.15, -0.1) is 11.3 Å². The molecule has 1 aliphatic heterocycles. The van der Waals surface area contributed by atoms with Gasteiger partial charge in [0.05, 0.1) is 0 Å². The number of hydrogen-bond acceptors (Lipinski definition) is 2.